The van der Waals surface area contributed by atoms with Crippen LogP contribution in [0.4, 0.5) is 8.78 Å². The second-order valence-corrected chi connectivity index (χ2v) is 3.60. The van der Waals surface area contributed by atoms with Crippen molar-refractivity contribution in [2.75, 3.05) is 0 Å². The summed E-state index contributed by atoms with van der Waals surface area (Å²) in [6.07, 6.45) is 0. The molecule has 0 radical (unpaired) electrons. The second-order valence-electron chi connectivity index (χ2n) is 3.19. The maximum absolute atomic E-state index is 12.1. The molecule has 0 amide bonds. The van der Waals surface area contributed by atoms with Crippen LogP contribution in [0.25, 0.3) is 0 Å². The van der Waals surface area contributed by atoms with Crippen molar-refractivity contribution < 1.29 is 13.5 Å². The second kappa shape index (κ2) is 4.60. The molecule has 0 unspecified atom stereocenters. The van der Waals surface area contributed by atoms with Gasteiger partial charge in [-0.1, -0.05) is 37.6 Å². The highest BCUT2D eigenvalue weighted by atomic mass is 35.5. The summed E-state index contributed by atoms with van der Waals surface area (Å²) in [6, 6.07) is 4.98. The summed E-state index contributed by atoms with van der Waals surface area (Å²) in [5.74, 6) is 0.182. The third-order valence-corrected chi connectivity index (χ3v) is 2.12. The number of rotatable bonds is 3. The first-order chi connectivity index (χ1) is 6.52. The molecule has 0 heterocycles. The minimum absolute atomic E-state index is 0.0826. The first-order valence-electron chi connectivity index (χ1n) is 4.25. The highest BCUT2D eigenvalue weighted by Gasteiger charge is 2.15. The maximum atomic E-state index is 12.1. The van der Waals surface area contributed by atoms with Crippen molar-refractivity contribution in [2.45, 2.75) is 26.4 Å². The smallest absolute Gasteiger partial charge is 0.387 e. The third-order valence-electron chi connectivity index (χ3n) is 1.83. The lowest BCUT2D eigenvalue weighted by Gasteiger charge is -2.14. The largest absolute Gasteiger partial charge is 0.433 e. The predicted octanol–water partition coefficient (Wildman–Crippen LogP) is 4.06. The SMILES string of the molecule is CC(C)c1cccc(Cl)c1OC(F)F. The fourth-order valence-electron chi connectivity index (χ4n) is 1.19. The van der Waals surface area contributed by atoms with Gasteiger partial charge in [0.2, 0.25) is 0 Å². The average molecular weight is 221 g/mol. The number of hydrogen-bond acceptors (Lipinski definition) is 1. The standard InChI is InChI=1S/C10H11ClF2O/c1-6(2)7-4-3-5-8(11)9(7)14-10(12)13/h3-6,10H,1-2H3. The molecule has 0 spiro atoms. The molecular formula is C10H11ClF2O. The Labute approximate surface area is 86.6 Å². The van der Waals surface area contributed by atoms with Crippen LogP contribution in [0.2, 0.25) is 5.02 Å². The van der Waals surface area contributed by atoms with E-state index >= 15 is 0 Å². The normalized spacial score (nSPS) is 11.1. The molecular weight excluding hydrogens is 210 g/mol. The van der Waals surface area contributed by atoms with E-state index in [1.807, 2.05) is 13.8 Å². The fraction of sp³-hybridized carbons (Fsp3) is 0.400. The molecule has 0 fully saturated rings. The van der Waals surface area contributed by atoms with E-state index in [2.05, 4.69) is 4.74 Å². The van der Waals surface area contributed by atoms with Gasteiger partial charge in [-0.3, -0.25) is 0 Å². The monoisotopic (exact) mass is 220 g/mol. The number of ether oxygens (including phenoxy) is 1. The summed E-state index contributed by atoms with van der Waals surface area (Å²) in [6.45, 7) is 0.945. The molecule has 14 heavy (non-hydrogen) atoms. The zero-order valence-corrected chi connectivity index (χ0v) is 8.68. The molecule has 0 saturated carbocycles. The molecule has 0 aliphatic rings. The molecule has 0 saturated heterocycles. The number of alkyl halides is 2. The van der Waals surface area contributed by atoms with Crippen molar-refractivity contribution in [3.8, 4) is 5.75 Å². The molecule has 0 aliphatic carbocycles. The third kappa shape index (κ3) is 2.58. The number of halogens is 3. The minimum atomic E-state index is -2.84. The summed E-state index contributed by atoms with van der Waals surface area (Å²) in [5.41, 5.74) is 0.692. The van der Waals surface area contributed by atoms with Crippen molar-refractivity contribution in [3.05, 3.63) is 28.8 Å². The Hall–Kier alpha value is -0.830. The minimum Gasteiger partial charge on any atom is -0.433 e. The molecule has 1 nitrogen and oxygen atoms in total. The van der Waals surface area contributed by atoms with Crippen LogP contribution >= 0.6 is 11.6 Å². The van der Waals surface area contributed by atoms with Gasteiger partial charge in [0.05, 0.1) is 5.02 Å². The van der Waals surface area contributed by atoms with Crippen molar-refractivity contribution in [2.24, 2.45) is 0 Å². The lowest BCUT2D eigenvalue weighted by molar-refractivity contribution is -0.0504. The van der Waals surface area contributed by atoms with Crippen molar-refractivity contribution in [1.29, 1.82) is 0 Å². The Kier molecular flexibility index (Phi) is 3.69. The van der Waals surface area contributed by atoms with Gasteiger partial charge in [-0.2, -0.15) is 8.78 Å². The molecule has 0 aliphatic heterocycles. The molecule has 1 aromatic rings. The van der Waals surface area contributed by atoms with E-state index in [-0.39, 0.29) is 16.7 Å². The molecule has 78 valence electrons. The molecule has 0 N–H and O–H groups in total. The van der Waals surface area contributed by atoms with Crippen LogP contribution in [0.5, 0.6) is 5.75 Å². The average Bonchev–Trinajstić information content (AvgIpc) is 2.07. The summed E-state index contributed by atoms with van der Waals surface area (Å²) >= 11 is 5.76. The molecule has 1 rings (SSSR count). The Balaban J connectivity index is 3.09. The quantitative estimate of drug-likeness (QED) is 0.746. The van der Waals surface area contributed by atoms with Crippen LogP contribution < -0.4 is 4.74 Å². The first-order valence-corrected chi connectivity index (χ1v) is 4.63. The Morgan fingerprint density at radius 2 is 1.93 bits per heavy atom. The van der Waals surface area contributed by atoms with E-state index in [0.29, 0.717) is 5.56 Å². The first kappa shape index (κ1) is 11.2. The Morgan fingerprint density at radius 3 is 2.43 bits per heavy atom. The van der Waals surface area contributed by atoms with E-state index in [9.17, 15) is 8.78 Å². The van der Waals surface area contributed by atoms with E-state index < -0.39 is 6.61 Å². The van der Waals surface area contributed by atoms with Crippen molar-refractivity contribution in [1.82, 2.24) is 0 Å². The molecule has 0 bridgehead atoms. The fourth-order valence-corrected chi connectivity index (χ4v) is 1.42. The summed E-state index contributed by atoms with van der Waals surface area (Å²) < 4.78 is 28.5. The number of benzene rings is 1. The van der Waals surface area contributed by atoms with E-state index in [0.717, 1.165) is 0 Å². The van der Waals surface area contributed by atoms with Crippen LogP contribution in [-0.4, -0.2) is 6.61 Å². The van der Waals surface area contributed by atoms with Gasteiger partial charge in [0.15, 0.2) is 0 Å². The maximum Gasteiger partial charge on any atom is 0.387 e. The highest BCUT2D eigenvalue weighted by molar-refractivity contribution is 6.32. The van der Waals surface area contributed by atoms with Crippen LogP contribution in [0.1, 0.15) is 25.3 Å². The van der Waals surface area contributed by atoms with E-state index in [4.69, 9.17) is 11.6 Å². The summed E-state index contributed by atoms with van der Waals surface area (Å²) in [5, 5.41) is 0.219. The summed E-state index contributed by atoms with van der Waals surface area (Å²) in [4.78, 5) is 0. The van der Waals surface area contributed by atoms with Gasteiger partial charge in [-0.25, -0.2) is 0 Å². The van der Waals surface area contributed by atoms with Gasteiger partial charge in [-0.15, -0.1) is 0 Å². The Morgan fingerprint density at radius 1 is 1.29 bits per heavy atom. The topological polar surface area (TPSA) is 9.23 Å². The zero-order chi connectivity index (χ0) is 10.7. The number of para-hydroxylation sites is 1. The van der Waals surface area contributed by atoms with Crippen LogP contribution in [0.3, 0.4) is 0 Å². The summed E-state index contributed by atoms with van der Waals surface area (Å²) in [7, 11) is 0. The van der Waals surface area contributed by atoms with Gasteiger partial charge in [0.1, 0.15) is 5.75 Å². The van der Waals surface area contributed by atoms with E-state index in [1.165, 1.54) is 6.07 Å². The van der Waals surface area contributed by atoms with Gasteiger partial charge >= 0.3 is 6.61 Å². The molecule has 4 heteroatoms. The van der Waals surface area contributed by atoms with Gasteiger partial charge in [-0.05, 0) is 17.5 Å². The van der Waals surface area contributed by atoms with Gasteiger partial charge < -0.3 is 4.74 Å². The number of hydrogen-bond donors (Lipinski definition) is 0. The highest BCUT2D eigenvalue weighted by Crippen LogP contribution is 2.34. The van der Waals surface area contributed by atoms with Crippen molar-refractivity contribution >= 4 is 11.6 Å². The molecule has 0 aromatic heterocycles. The van der Waals surface area contributed by atoms with E-state index in [1.54, 1.807) is 12.1 Å². The van der Waals surface area contributed by atoms with Crippen LogP contribution in [0, 0.1) is 0 Å². The lowest BCUT2D eigenvalue weighted by atomic mass is 10.0. The van der Waals surface area contributed by atoms with Crippen LogP contribution in [-0.2, 0) is 0 Å². The molecule has 0 atom stereocenters. The van der Waals surface area contributed by atoms with Gasteiger partial charge in [0.25, 0.3) is 0 Å². The molecule has 1 aromatic carbocycles. The lowest BCUT2D eigenvalue weighted by Crippen LogP contribution is -2.05. The zero-order valence-electron chi connectivity index (χ0n) is 7.93. The van der Waals surface area contributed by atoms with Crippen molar-refractivity contribution in [3.63, 3.8) is 0 Å². The predicted molar refractivity (Wildman–Crippen MR) is 52.2 cm³/mol. The van der Waals surface area contributed by atoms with Gasteiger partial charge in [0, 0.05) is 0 Å². The Bertz CT molecular complexity index is 313. The van der Waals surface area contributed by atoms with Crippen LogP contribution in [0.15, 0.2) is 18.2 Å².